The van der Waals surface area contributed by atoms with Crippen LogP contribution in [0.5, 0.6) is 0 Å². The summed E-state index contributed by atoms with van der Waals surface area (Å²) in [4.78, 5) is 34.5. The zero-order valence-electron chi connectivity index (χ0n) is 15.0. The molecule has 0 saturated heterocycles. The first kappa shape index (κ1) is 16.8. The molecule has 1 unspecified atom stereocenters. The molecular formula is C20H16N5O2S+. The second-order valence-electron chi connectivity index (χ2n) is 6.62. The molecule has 0 saturated carbocycles. The van der Waals surface area contributed by atoms with E-state index in [-0.39, 0.29) is 11.5 Å². The first-order valence-electron chi connectivity index (χ1n) is 8.80. The molecule has 1 aliphatic rings. The number of amides is 1. The summed E-state index contributed by atoms with van der Waals surface area (Å²) in [6.07, 6.45) is 3.41. The minimum Gasteiger partial charge on any atom is -0.307 e. The van der Waals surface area contributed by atoms with Gasteiger partial charge in [-0.05, 0) is 30.7 Å². The number of nitrogens with one attached hydrogen (secondary N) is 2. The molecule has 5 rings (SSSR count). The molecule has 4 heterocycles. The maximum atomic E-state index is 13.2. The number of rotatable bonds is 3. The maximum Gasteiger partial charge on any atom is 0.379 e. The van der Waals surface area contributed by atoms with Crippen LogP contribution < -0.4 is 16.0 Å². The Bertz CT molecular complexity index is 1250. The molecular weight excluding hydrogens is 374 g/mol. The van der Waals surface area contributed by atoms with E-state index in [1.165, 1.54) is 17.4 Å². The molecule has 3 aromatic heterocycles. The monoisotopic (exact) mass is 390 g/mol. The number of carbonyl (C=O) groups excluding carboxylic acids is 1. The second kappa shape index (κ2) is 6.36. The maximum absolute atomic E-state index is 13.2. The van der Waals surface area contributed by atoms with Gasteiger partial charge in [-0.25, -0.2) is 10.2 Å². The van der Waals surface area contributed by atoms with Crippen molar-refractivity contribution >= 4 is 38.3 Å². The molecule has 7 nitrogen and oxygen atoms in total. The lowest BCUT2D eigenvalue weighted by molar-refractivity contribution is -0.709. The van der Waals surface area contributed by atoms with Gasteiger partial charge in [-0.2, -0.15) is 4.98 Å². The molecule has 1 aliphatic heterocycles. The summed E-state index contributed by atoms with van der Waals surface area (Å²) in [5, 5.41) is 1.06. The Balaban J connectivity index is 1.55. The largest absolute Gasteiger partial charge is 0.379 e. The van der Waals surface area contributed by atoms with Crippen molar-refractivity contribution in [3.05, 3.63) is 82.0 Å². The SMILES string of the molecule is Cc1c2c(cc(=O)n1Cc1cccnc1)N[NH+](c1nc3ccccc3s1)C2=O. The molecule has 4 aromatic rings. The molecule has 8 heteroatoms. The van der Waals surface area contributed by atoms with Crippen LogP contribution in [0.15, 0.2) is 59.7 Å². The van der Waals surface area contributed by atoms with Gasteiger partial charge in [-0.1, -0.05) is 29.5 Å². The minimum atomic E-state index is -0.161. The Morgan fingerprint density at radius 2 is 2.04 bits per heavy atom. The van der Waals surface area contributed by atoms with E-state index < -0.39 is 0 Å². The lowest BCUT2D eigenvalue weighted by Crippen LogP contribution is -3.11. The van der Waals surface area contributed by atoms with Crippen LogP contribution in [-0.4, -0.2) is 20.4 Å². The van der Waals surface area contributed by atoms with Gasteiger partial charge in [-0.3, -0.25) is 9.78 Å². The number of hydrogen-bond donors (Lipinski definition) is 2. The highest BCUT2D eigenvalue weighted by atomic mass is 32.1. The van der Waals surface area contributed by atoms with Gasteiger partial charge in [0.15, 0.2) is 0 Å². The predicted octanol–water partition coefficient (Wildman–Crippen LogP) is 1.91. The summed E-state index contributed by atoms with van der Waals surface area (Å²) in [5.41, 5.74) is 6.43. The molecule has 138 valence electrons. The molecule has 0 radical (unpaired) electrons. The summed E-state index contributed by atoms with van der Waals surface area (Å²) < 4.78 is 2.62. The third-order valence-corrected chi connectivity index (χ3v) is 5.91. The zero-order chi connectivity index (χ0) is 19.3. The number of quaternary nitrogens is 1. The van der Waals surface area contributed by atoms with Crippen LogP contribution in [0.2, 0.25) is 0 Å². The summed E-state index contributed by atoms with van der Waals surface area (Å²) >= 11 is 1.46. The van der Waals surface area contributed by atoms with E-state index in [2.05, 4.69) is 15.4 Å². The smallest absolute Gasteiger partial charge is 0.307 e. The first-order valence-corrected chi connectivity index (χ1v) is 9.61. The Morgan fingerprint density at radius 1 is 1.18 bits per heavy atom. The van der Waals surface area contributed by atoms with Gasteiger partial charge < -0.3 is 4.57 Å². The van der Waals surface area contributed by atoms with Crippen LogP contribution in [0, 0.1) is 6.92 Å². The number of benzene rings is 1. The molecule has 1 amide bonds. The number of nitrogens with zero attached hydrogens (tertiary/aromatic N) is 3. The molecule has 2 N–H and O–H groups in total. The van der Waals surface area contributed by atoms with Crippen LogP contribution in [0.1, 0.15) is 21.6 Å². The van der Waals surface area contributed by atoms with Crippen molar-refractivity contribution in [2.45, 2.75) is 13.5 Å². The third-order valence-electron chi connectivity index (χ3n) is 4.85. The van der Waals surface area contributed by atoms with Gasteiger partial charge in [0.2, 0.25) is 0 Å². The van der Waals surface area contributed by atoms with Gasteiger partial charge in [0.25, 0.3) is 5.56 Å². The Morgan fingerprint density at radius 3 is 2.82 bits per heavy atom. The van der Waals surface area contributed by atoms with E-state index in [1.54, 1.807) is 23.9 Å². The predicted molar refractivity (Wildman–Crippen MR) is 107 cm³/mol. The van der Waals surface area contributed by atoms with Gasteiger partial charge in [0, 0.05) is 24.2 Å². The van der Waals surface area contributed by atoms with Gasteiger partial charge in [-0.15, -0.1) is 5.01 Å². The number of carbonyl (C=O) groups is 1. The normalized spacial score (nSPS) is 15.6. The van der Waals surface area contributed by atoms with Crippen molar-refractivity contribution in [3.8, 4) is 0 Å². The number of thiazole rings is 1. The van der Waals surface area contributed by atoms with E-state index in [1.807, 2.05) is 36.4 Å². The lowest BCUT2D eigenvalue weighted by Gasteiger charge is -2.10. The summed E-state index contributed by atoms with van der Waals surface area (Å²) in [7, 11) is 0. The fraction of sp³-hybridized carbons (Fsp3) is 0.100. The fourth-order valence-electron chi connectivity index (χ4n) is 3.47. The molecule has 0 spiro atoms. The molecule has 1 atom stereocenters. The highest BCUT2D eigenvalue weighted by Crippen LogP contribution is 2.26. The molecule has 0 aliphatic carbocycles. The van der Waals surface area contributed by atoms with Crippen LogP contribution in [0.25, 0.3) is 10.2 Å². The Hall–Kier alpha value is -3.36. The van der Waals surface area contributed by atoms with Crippen molar-refractivity contribution in [1.82, 2.24) is 14.5 Å². The van der Waals surface area contributed by atoms with Gasteiger partial charge in [0.05, 0.1) is 16.8 Å². The first-order chi connectivity index (χ1) is 13.6. The van der Waals surface area contributed by atoms with Crippen LogP contribution in [0.3, 0.4) is 0 Å². The van der Waals surface area contributed by atoms with E-state index >= 15 is 0 Å². The molecule has 28 heavy (non-hydrogen) atoms. The molecule has 0 bridgehead atoms. The average molecular weight is 390 g/mol. The lowest BCUT2D eigenvalue weighted by atomic mass is 10.1. The zero-order valence-corrected chi connectivity index (χ0v) is 15.8. The van der Waals surface area contributed by atoms with E-state index in [9.17, 15) is 9.59 Å². The average Bonchev–Trinajstić information content (AvgIpc) is 3.27. The number of pyridine rings is 2. The Kier molecular flexibility index (Phi) is 3.81. The molecule has 0 fully saturated rings. The number of hydrogen-bond acceptors (Lipinski definition) is 6. The highest BCUT2D eigenvalue weighted by Gasteiger charge is 2.39. The summed E-state index contributed by atoms with van der Waals surface area (Å²) in [5.74, 6) is -0.133. The number of aromatic nitrogens is 3. The van der Waals surface area contributed by atoms with Gasteiger partial charge in [0.1, 0.15) is 11.3 Å². The molecule has 1 aromatic carbocycles. The van der Waals surface area contributed by atoms with Gasteiger partial charge >= 0.3 is 11.0 Å². The van der Waals surface area contributed by atoms with Crippen LogP contribution in [-0.2, 0) is 6.54 Å². The Labute approximate surface area is 163 Å². The van der Waals surface area contributed by atoms with E-state index in [4.69, 9.17) is 0 Å². The number of fused-ring (bicyclic) bond motifs is 2. The number of anilines is 1. The van der Waals surface area contributed by atoms with Crippen molar-refractivity contribution in [2.75, 3.05) is 5.43 Å². The summed E-state index contributed by atoms with van der Waals surface area (Å²) in [6, 6.07) is 13.0. The quantitative estimate of drug-likeness (QED) is 0.559. The van der Waals surface area contributed by atoms with E-state index in [0.717, 1.165) is 15.8 Å². The van der Waals surface area contributed by atoms with Crippen molar-refractivity contribution in [1.29, 1.82) is 0 Å². The number of para-hydroxylation sites is 1. The standard InChI is InChI=1S/C20H15N5O2S/c1-12-18-15(9-17(26)24(12)11-13-5-4-8-21-10-13)23-25(19(18)27)20-22-14-6-2-3-7-16(14)28-20/h2-10,23H,11H2,1H3/p+1. The minimum absolute atomic E-state index is 0.133. The highest BCUT2D eigenvalue weighted by molar-refractivity contribution is 7.21. The van der Waals surface area contributed by atoms with Crippen molar-refractivity contribution in [2.24, 2.45) is 0 Å². The second-order valence-corrected chi connectivity index (χ2v) is 7.65. The fourth-order valence-corrected chi connectivity index (χ4v) is 4.43. The van der Waals surface area contributed by atoms with Crippen molar-refractivity contribution in [3.63, 3.8) is 0 Å². The topological polar surface area (TPSA) is 81.3 Å². The van der Waals surface area contributed by atoms with E-state index in [0.29, 0.717) is 33.6 Å². The van der Waals surface area contributed by atoms with Crippen LogP contribution in [0.4, 0.5) is 10.8 Å². The summed E-state index contributed by atoms with van der Waals surface area (Å²) in [6.45, 7) is 2.17. The van der Waals surface area contributed by atoms with Crippen molar-refractivity contribution < 1.29 is 9.80 Å². The van der Waals surface area contributed by atoms with Crippen LogP contribution >= 0.6 is 11.3 Å². The third kappa shape index (κ3) is 2.62.